The summed E-state index contributed by atoms with van der Waals surface area (Å²) in [6, 6.07) is 12.9. The smallest absolute Gasteiger partial charge is 0.304 e. The molecule has 1 aromatic heterocycles. The summed E-state index contributed by atoms with van der Waals surface area (Å²) in [7, 11) is 0. The third kappa shape index (κ3) is 6.16. The number of rotatable bonds is 8. The fourth-order valence-electron chi connectivity index (χ4n) is 3.95. The van der Waals surface area contributed by atoms with Crippen molar-refractivity contribution in [2.45, 2.75) is 25.8 Å². The van der Waals surface area contributed by atoms with Crippen LogP contribution >= 0.6 is 0 Å². The van der Waals surface area contributed by atoms with E-state index >= 15 is 0 Å². The molecular weight excluding hydrogens is 484 g/mol. The van der Waals surface area contributed by atoms with Crippen molar-refractivity contribution >= 4 is 17.6 Å². The third-order valence-electron chi connectivity index (χ3n) is 5.84. The van der Waals surface area contributed by atoms with E-state index in [1.807, 2.05) is 0 Å². The molecule has 37 heavy (non-hydrogen) atoms. The van der Waals surface area contributed by atoms with Crippen LogP contribution in [0.2, 0.25) is 0 Å². The van der Waals surface area contributed by atoms with Crippen molar-refractivity contribution in [2.75, 3.05) is 6.54 Å². The van der Waals surface area contributed by atoms with E-state index in [1.165, 1.54) is 47.2 Å². The van der Waals surface area contributed by atoms with E-state index in [-0.39, 0.29) is 43.0 Å². The number of amides is 2. The van der Waals surface area contributed by atoms with Gasteiger partial charge in [0, 0.05) is 30.8 Å². The van der Waals surface area contributed by atoms with Crippen LogP contribution in [0.3, 0.4) is 0 Å². The second kappa shape index (κ2) is 11.0. The first-order valence-electron chi connectivity index (χ1n) is 11.5. The molecule has 3 aromatic rings. The van der Waals surface area contributed by atoms with Gasteiger partial charge in [0.2, 0.25) is 5.91 Å². The van der Waals surface area contributed by atoms with Crippen molar-refractivity contribution in [1.82, 2.24) is 15.0 Å². The molecule has 0 atom stereocenters. The Labute approximate surface area is 210 Å². The van der Waals surface area contributed by atoms with Crippen LogP contribution in [0.15, 0.2) is 77.4 Å². The van der Waals surface area contributed by atoms with Crippen LogP contribution in [0.5, 0.6) is 0 Å². The quantitative estimate of drug-likeness (QED) is 0.277. The highest BCUT2D eigenvalue weighted by Crippen LogP contribution is 2.14. The Morgan fingerprint density at radius 3 is 2.43 bits per heavy atom. The number of hydrogen-bond acceptors (Lipinski definition) is 5. The Balaban J connectivity index is 1.66. The van der Waals surface area contributed by atoms with Crippen molar-refractivity contribution in [2.24, 2.45) is 0 Å². The topological polar surface area (TPSA) is 109 Å². The number of carbonyl (C=O) groups is 3. The zero-order chi connectivity index (χ0) is 26.5. The van der Waals surface area contributed by atoms with Gasteiger partial charge in [0.05, 0.1) is 12.1 Å². The van der Waals surface area contributed by atoms with Crippen molar-refractivity contribution in [1.29, 1.82) is 0 Å². The number of hydrazine groups is 1. The minimum atomic E-state index is -1.07. The maximum Gasteiger partial charge on any atom is 0.304 e. The summed E-state index contributed by atoms with van der Waals surface area (Å²) in [5, 5.41) is 11.2. The summed E-state index contributed by atoms with van der Waals surface area (Å²) in [6.45, 7) is 0.105. The van der Waals surface area contributed by atoms with E-state index in [1.54, 1.807) is 18.2 Å². The van der Waals surface area contributed by atoms with Gasteiger partial charge in [-0.15, -0.1) is 0 Å². The van der Waals surface area contributed by atoms with E-state index in [4.69, 9.17) is 0 Å². The van der Waals surface area contributed by atoms with Crippen LogP contribution in [0.1, 0.15) is 39.9 Å². The average molecular weight is 507 g/mol. The lowest BCUT2D eigenvalue weighted by molar-refractivity contribution is -0.137. The first-order valence-corrected chi connectivity index (χ1v) is 11.5. The van der Waals surface area contributed by atoms with E-state index in [9.17, 15) is 33.1 Å². The first kappa shape index (κ1) is 25.5. The van der Waals surface area contributed by atoms with Gasteiger partial charge in [-0.25, -0.2) is 8.78 Å². The monoisotopic (exact) mass is 507 g/mol. The number of ketones is 1. The molecule has 2 aromatic carbocycles. The maximum absolute atomic E-state index is 14.3. The van der Waals surface area contributed by atoms with Crippen LogP contribution in [0.4, 0.5) is 8.78 Å². The van der Waals surface area contributed by atoms with Gasteiger partial charge in [-0.1, -0.05) is 30.3 Å². The molecule has 1 aliphatic heterocycles. The Hall–Kier alpha value is -4.60. The molecule has 0 spiro atoms. The molecule has 1 aliphatic rings. The number of aliphatic hydroxyl groups is 1. The second-order valence-corrected chi connectivity index (χ2v) is 8.57. The predicted octanol–water partition coefficient (Wildman–Crippen LogP) is 3.04. The van der Waals surface area contributed by atoms with E-state index < -0.39 is 34.6 Å². The molecule has 0 aliphatic carbocycles. The standard InChI is InChI=1S/C27H23F2N3O5/c28-20-9-7-17(8-10-20)12-18-13-21(27(37)31(15-18)16-19-4-1-2-5-22(19)29)23(33)14-24(34)26(36)30-32-11-3-6-25(32)35/h1-2,4-5,7-10,13-15,34H,3,6,11-12,16H2,(H,30,36)/b24-14-. The summed E-state index contributed by atoms with van der Waals surface area (Å²) < 4.78 is 28.8. The number of aromatic nitrogens is 1. The molecule has 0 unspecified atom stereocenters. The first-order chi connectivity index (χ1) is 17.7. The number of hydrogen-bond donors (Lipinski definition) is 2. The highest BCUT2D eigenvalue weighted by molar-refractivity contribution is 6.08. The molecule has 2 heterocycles. The highest BCUT2D eigenvalue weighted by Gasteiger charge is 2.24. The Morgan fingerprint density at radius 1 is 1.03 bits per heavy atom. The van der Waals surface area contributed by atoms with Crippen LogP contribution in [0, 0.1) is 11.6 Å². The Bertz CT molecular complexity index is 1450. The van der Waals surface area contributed by atoms with Crippen molar-refractivity contribution in [3.63, 3.8) is 0 Å². The van der Waals surface area contributed by atoms with E-state index in [0.717, 1.165) is 5.01 Å². The lowest BCUT2D eigenvalue weighted by Crippen LogP contribution is -2.43. The second-order valence-electron chi connectivity index (χ2n) is 8.57. The number of halogens is 2. The van der Waals surface area contributed by atoms with Crippen LogP contribution < -0.4 is 11.0 Å². The average Bonchev–Trinajstić information content (AvgIpc) is 3.27. The van der Waals surface area contributed by atoms with Gasteiger partial charge in [-0.3, -0.25) is 29.6 Å². The van der Waals surface area contributed by atoms with Crippen LogP contribution in [-0.2, 0) is 22.6 Å². The van der Waals surface area contributed by atoms with E-state index in [0.29, 0.717) is 23.6 Å². The SMILES string of the molecule is O=C(NN1CCCC1=O)/C(O)=C/C(=O)c1cc(Cc2ccc(F)cc2)cn(Cc2ccccc2F)c1=O. The molecule has 1 saturated heterocycles. The normalized spacial score (nSPS) is 13.6. The fourth-order valence-corrected chi connectivity index (χ4v) is 3.95. The Morgan fingerprint density at radius 2 is 1.76 bits per heavy atom. The molecule has 0 bridgehead atoms. The van der Waals surface area contributed by atoms with Crippen molar-refractivity contribution in [3.8, 4) is 0 Å². The van der Waals surface area contributed by atoms with Gasteiger partial charge in [-0.2, -0.15) is 0 Å². The number of nitrogens with zero attached hydrogens (tertiary/aromatic N) is 2. The maximum atomic E-state index is 14.3. The van der Waals surface area contributed by atoms with Crippen LogP contribution in [0.25, 0.3) is 0 Å². The number of carbonyl (C=O) groups excluding carboxylic acids is 3. The largest absolute Gasteiger partial charge is 0.503 e. The molecule has 1 fully saturated rings. The molecule has 0 radical (unpaired) electrons. The van der Waals surface area contributed by atoms with Gasteiger partial charge in [0.15, 0.2) is 11.5 Å². The molecule has 10 heteroatoms. The Kier molecular flexibility index (Phi) is 7.57. The zero-order valence-corrected chi connectivity index (χ0v) is 19.6. The van der Waals surface area contributed by atoms with Crippen molar-refractivity contribution < 1.29 is 28.3 Å². The number of aliphatic hydroxyl groups excluding tert-OH is 1. The van der Waals surface area contributed by atoms with Gasteiger partial charge in [0.1, 0.15) is 11.6 Å². The molecule has 4 rings (SSSR count). The summed E-state index contributed by atoms with van der Waals surface area (Å²) in [5.74, 6) is -4.27. The lowest BCUT2D eigenvalue weighted by atomic mass is 10.0. The summed E-state index contributed by atoms with van der Waals surface area (Å²) >= 11 is 0. The molecular formula is C27H23F2N3O5. The third-order valence-corrected chi connectivity index (χ3v) is 5.84. The predicted molar refractivity (Wildman–Crippen MR) is 130 cm³/mol. The molecule has 8 nitrogen and oxygen atoms in total. The van der Waals surface area contributed by atoms with Gasteiger partial charge >= 0.3 is 5.91 Å². The molecule has 2 N–H and O–H groups in total. The number of nitrogens with one attached hydrogen (secondary N) is 1. The van der Waals surface area contributed by atoms with Gasteiger partial charge < -0.3 is 9.67 Å². The minimum Gasteiger partial charge on any atom is -0.503 e. The fraction of sp³-hybridized carbons (Fsp3) is 0.185. The summed E-state index contributed by atoms with van der Waals surface area (Å²) in [4.78, 5) is 50.1. The zero-order valence-electron chi connectivity index (χ0n) is 19.6. The number of pyridine rings is 1. The van der Waals surface area contributed by atoms with Gasteiger partial charge in [-0.05, 0) is 48.2 Å². The van der Waals surface area contributed by atoms with Gasteiger partial charge in [0.25, 0.3) is 5.56 Å². The number of allylic oxidation sites excluding steroid dienone is 1. The van der Waals surface area contributed by atoms with E-state index in [2.05, 4.69) is 5.43 Å². The lowest BCUT2D eigenvalue weighted by Gasteiger charge is -2.16. The van der Waals surface area contributed by atoms with Crippen LogP contribution in [-0.4, -0.2) is 38.8 Å². The molecule has 0 saturated carbocycles. The van der Waals surface area contributed by atoms with Crippen molar-refractivity contribution in [3.05, 3.63) is 117 Å². The molecule has 190 valence electrons. The summed E-state index contributed by atoms with van der Waals surface area (Å²) in [6.07, 6.45) is 3.11. The number of benzene rings is 2. The summed E-state index contributed by atoms with van der Waals surface area (Å²) in [5.41, 5.74) is 2.52. The minimum absolute atomic E-state index is 0.170. The highest BCUT2D eigenvalue weighted by atomic mass is 19.1. The molecule has 2 amide bonds.